The van der Waals surface area contributed by atoms with E-state index in [1.54, 1.807) is 24.2 Å². The molecule has 2 saturated heterocycles. The monoisotopic (exact) mass is 522 g/mol. The van der Waals surface area contributed by atoms with Gasteiger partial charge in [-0.05, 0) is 42.3 Å². The molecule has 2 fully saturated rings. The first-order chi connectivity index (χ1) is 18.1. The lowest BCUT2D eigenvalue weighted by atomic mass is 9.94. The van der Waals surface area contributed by atoms with Gasteiger partial charge in [0.1, 0.15) is 17.5 Å². The molecule has 5 rings (SSSR count). The number of halogens is 1. The molecular formula is C27H35FN8O2. The van der Waals surface area contributed by atoms with Crippen molar-refractivity contribution in [1.29, 1.82) is 0 Å². The van der Waals surface area contributed by atoms with E-state index in [0.29, 0.717) is 42.9 Å². The third kappa shape index (κ3) is 5.20. The van der Waals surface area contributed by atoms with Gasteiger partial charge in [-0.2, -0.15) is 4.98 Å². The summed E-state index contributed by atoms with van der Waals surface area (Å²) in [6.07, 6.45) is 5.24. The molecule has 2 aliphatic rings. The van der Waals surface area contributed by atoms with Crippen molar-refractivity contribution in [3.63, 3.8) is 0 Å². The summed E-state index contributed by atoms with van der Waals surface area (Å²) in [6, 6.07) is 3.76. The Labute approximate surface area is 221 Å². The van der Waals surface area contributed by atoms with Crippen LogP contribution < -0.4 is 20.4 Å². The first-order valence-electron chi connectivity index (χ1n) is 13.1. The lowest BCUT2D eigenvalue weighted by Crippen LogP contribution is -2.52. The number of nitrogens with one attached hydrogen (secondary N) is 2. The molecule has 202 valence electrons. The van der Waals surface area contributed by atoms with E-state index in [1.807, 2.05) is 18.5 Å². The molecule has 10 nitrogen and oxygen atoms in total. The highest BCUT2D eigenvalue weighted by atomic mass is 19.1. The molecule has 0 saturated carbocycles. The average molecular weight is 523 g/mol. The fourth-order valence-electron chi connectivity index (χ4n) is 5.17. The number of aliphatic hydroxyl groups excluding tert-OH is 1. The number of aromatic nitrogens is 4. The molecule has 2 atom stereocenters. The average Bonchev–Trinajstić information content (AvgIpc) is 2.86. The molecule has 3 N–H and O–H groups in total. The Balaban J connectivity index is 1.38. The number of alkyl halides is 1. The van der Waals surface area contributed by atoms with Crippen molar-refractivity contribution in [1.82, 2.24) is 25.3 Å². The quantitative estimate of drug-likeness (QED) is 0.430. The summed E-state index contributed by atoms with van der Waals surface area (Å²) in [5.41, 5.74) is -0.600. The van der Waals surface area contributed by atoms with E-state index in [9.17, 15) is 14.3 Å². The van der Waals surface area contributed by atoms with E-state index in [1.165, 1.54) is 6.92 Å². The molecule has 1 amide bonds. The molecular weight excluding hydrogens is 487 g/mol. The third-order valence-electron chi connectivity index (χ3n) is 7.46. The maximum absolute atomic E-state index is 14.7. The van der Waals surface area contributed by atoms with Crippen LogP contribution in [-0.2, 0) is 4.79 Å². The summed E-state index contributed by atoms with van der Waals surface area (Å²) < 4.78 is 14.7. The van der Waals surface area contributed by atoms with Crippen LogP contribution in [0.2, 0.25) is 0 Å². The fourth-order valence-corrected chi connectivity index (χ4v) is 5.17. The Morgan fingerprint density at radius 3 is 2.68 bits per heavy atom. The number of nitrogens with zero attached hydrogens (tertiary/aromatic N) is 6. The number of amides is 1. The van der Waals surface area contributed by atoms with Crippen LogP contribution in [0.15, 0.2) is 30.7 Å². The van der Waals surface area contributed by atoms with Gasteiger partial charge in [0.15, 0.2) is 5.67 Å². The van der Waals surface area contributed by atoms with Gasteiger partial charge in [-0.15, -0.1) is 0 Å². The zero-order chi connectivity index (χ0) is 27.0. The molecule has 3 aromatic rings. The smallest absolute Gasteiger partial charge is 0.227 e. The second-order valence-corrected chi connectivity index (χ2v) is 10.8. The minimum absolute atomic E-state index is 0.0276. The third-order valence-corrected chi connectivity index (χ3v) is 7.46. The lowest BCUT2D eigenvalue weighted by molar-refractivity contribution is -0.121. The van der Waals surface area contributed by atoms with Crippen LogP contribution >= 0.6 is 0 Å². The van der Waals surface area contributed by atoms with Gasteiger partial charge in [0, 0.05) is 63.0 Å². The van der Waals surface area contributed by atoms with Gasteiger partial charge >= 0.3 is 0 Å². The van der Waals surface area contributed by atoms with Crippen molar-refractivity contribution in [2.75, 3.05) is 48.3 Å². The molecule has 2 aliphatic heterocycles. The number of hydrogen-bond donors (Lipinski definition) is 3. The minimum Gasteiger partial charge on any atom is -0.390 e. The van der Waals surface area contributed by atoms with Crippen molar-refractivity contribution in [3.8, 4) is 0 Å². The van der Waals surface area contributed by atoms with Gasteiger partial charge in [-0.3, -0.25) is 4.79 Å². The molecule has 5 heterocycles. The van der Waals surface area contributed by atoms with Crippen LogP contribution in [0, 0.1) is 5.92 Å². The number of fused-ring (bicyclic) bond motifs is 1. The number of aliphatic hydroxyl groups is 1. The first-order valence-corrected chi connectivity index (χ1v) is 13.1. The topological polar surface area (TPSA) is 119 Å². The zero-order valence-electron chi connectivity index (χ0n) is 22.3. The van der Waals surface area contributed by atoms with Crippen molar-refractivity contribution in [2.24, 2.45) is 5.92 Å². The number of rotatable bonds is 7. The van der Waals surface area contributed by atoms with Crippen LogP contribution in [0.5, 0.6) is 0 Å². The predicted molar refractivity (Wildman–Crippen MR) is 146 cm³/mol. The van der Waals surface area contributed by atoms with Gasteiger partial charge in [-0.25, -0.2) is 19.3 Å². The molecule has 11 heteroatoms. The molecule has 0 bridgehead atoms. The molecule has 0 aromatic carbocycles. The first kappa shape index (κ1) is 26.0. The maximum Gasteiger partial charge on any atom is 0.227 e. The normalized spacial score (nSPS) is 22.0. The molecule has 38 heavy (non-hydrogen) atoms. The summed E-state index contributed by atoms with van der Waals surface area (Å²) >= 11 is 0. The second-order valence-electron chi connectivity index (χ2n) is 10.8. The van der Waals surface area contributed by atoms with Gasteiger partial charge in [0.2, 0.25) is 11.9 Å². The van der Waals surface area contributed by atoms with Gasteiger partial charge in [0.05, 0.1) is 12.6 Å². The predicted octanol–water partition coefficient (Wildman–Crippen LogP) is 3.16. The van der Waals surface area contributed by atoms with E-state index in [-0.39, 0.29) is 18.4 Å². The van der Waals surface area contributed by atoms with Crippen LogP contribution in [0.4, 0.5) is 27.8 Å². The Morgan fingerprint density at radius 1 is 1.18 bits per heavy atom. The number of pyridine rings is 2. The number of carbonyl (C=O) groups is 1. The van der Waals surface area contributed by atoms with Crippen LogP contribution in [0.1, 0.15) is 45.1 Å². The van der Waals surface area contributed by atoms with Crippen LogP contribution in [0.25, 0.3) is 10.8 Å². The van der Waals surface area contributed by atoms with Crippen molar-refractivity contribution < 1.29 is 14.3 Å². The van der Waals surface area contributed by atoms with E-state index >= 15 is 0 Å². The van der Waals surface area contributed by atoms with E-state index < -0.39 is 11.8 Å². The van der Waals surface area contributed by atoms with Gasteiger partial charge < -0.3 is 25.5 Å². The second kappa shape index (κ2) is 10.3. The Hall–Kier alpha value is -3.60. The maximum atomic E-state index is 14.7. The van der Waals surface area contributed by atoms with Crippen LogP contribution in [0.3, 0.4) is 0 Å². The van der Waals surface area contributed by atoms with Crippen molar-refractivity contribution in [2.45, 2.75) is 51.3 Å². The largest absolute Gasteiger partial charge is 0.390 e. The SMILES string of the molecule is CNC(=O)CC1CN(c2ncc(C(C)C)c3cc(Nc4ccnc(N5CC[C@@H](O)[C@@](C)(F)C5)n4)ncc23)C1. The number of piperidine rings is 1. The van der Waals surface area contributed by atoms with Crippen LogP contribution in [-0.4, -0.2) is 75.9 Å². The molecule has 0 spiro atoms. The highest BCUT2D eigenvalue weighted by Crippen LogP contribution is 2.36. The molecule has 0 unspecified atom stereocenters. The lowest BCUT2D eigenvalue weighted by Gasteiger charge is -2.40. The number of hydrogen-bond acceptors (Lipinski definition) is 9. The number of carbonyl (C=O) groups excluding carboxylic acids is 1. The molecule has 0 radical (unpaired) electrons. The van der Waals surface area contributed by atoms with E-state index in [2.05, 4.69) is 44.3 Å². The summed E-state index contributed by atoms with van der Waals surface area (Å²) in [7, 11) is 1.66. The number of anilines is 4. The van der Waals surface area contributed by atoms with Gasteiger partial charge in [0.25, 0.3) is 0 Å². The zero-order valence-corrected chi connectivity index (χ0v) is 22.3. The van der Waals surface area contributed by atoms with Gasteiger partial charge in [-0.1, -0.05) is 13.8 Å². The summed E-state index contributed by atoms with van der Waals surface area (Å²) in [5.74, 6) is 3.11. The Kier molecular flexibility index (Phi) is 7.04. The standard InChI is InChI=1S/C27H35FN8O2/c1-16(2)19-11-32-25(36-13-17(14-36)9-24(38)29-4)20-12-31-23(10-18(19)20)33-22-5-7-30-26(34-22)35-8-6-21(37)27(3,28)15-35/h5,7,10-12,16-17,21,37H,6,8-9,13-15H2,1-4H3,(H,29,38)(H,30,31,33,34)/t21-,27+/m1/s1. The highest BCUT2D eigenvalue weighted by molar-refractivity contribution is 5.96. The van der Waals surface area contributed by atoms with E-state index in [4.69, 9.17) is 4.98 Å². The summed E-state index contributed by atoms with van der Waals surface area (Å²) in [5, 5.41) is 17.9. The van der Waals surface area contributed by atoms with E-state index in [0.717, 1.165) is 35.2 Å². The van der Waals surface area contributed by atoms with Crippen molar-refractivity contribution in [3.05, 3.63) is 36.3 Å². The molecule has 0 aliphatic carbocycles. The Bertz CT molecular complexity index is 1330. The molecule has 3 aromatic heterocycles. The fraction of sp³-hybridized carbons (Fsp3) is 0.519. The highest BCUT2D eigenvalue weighted by Gasteiger charge is 2.39. The Morgan fingerprint density at radius 2 is 1.97 bits per heavy atom. The summed E-state index contributed by atoms with van der Waals surface area (Å²) in [4.78, 5) is 34.0. The summed E-state index contributed by atoms with van der Waals surface area (Å²) in [6.45, 7) is 7.75. The minimum atomic E-state index is -1.72. The van der Waals surface area contributed by atoms with Crippen molar-refractivity contribution >= 4 is 40.1 Å².